The highest BCUT2D eigenvalue weighted by molar-refractivity contribution is 5.85. The highest BCUT2D eigenvalue weighted by Gasteiger charge is 2.30. The van der Waals surface area contributed by atoms with Crippen LogP contribution >= 0.6 is 12.4 Å². The standard InChI is InChI=1S/C17H33N3.ClH/c1-17(2)6-3-15(4-7-17)14-19-9-11-20(12-10-19)16-5-8-18-13-16;/h15-16,18H,3-14H2,1-2H3;1H. The summed E-state index contributed by atoms with van der Waals surface area (Å²) in [5.41, 5.74) is 0.616. The number of hydrogen-bond acceptors (Lipinski definition) is 3. The van der Waals surface area contributed by atoms with Crippen molar-refractivity contribution in [2.45, 2.75) is 52.0 Å². The maximum Gasteiger partial charge on any atom is 0.0233 e. The van der Waals surface area contributed by atoms with Crippen molar-refractivity contribution in [1.82, 2.24) is 15.1 Å². The van der Waals surface area contributed by atoms with Crippen molar-refractivity contribution in [2.75, 3.05) is 45.8 Å². The van der Waals surface area contributed by atoms with Crippen LogP contribution in [0.4, 0.5) is 0 Å². The fraction of sp³-hybridized carbons (Fsp3) is 1.00. The largest absolute Gasteiger partial charge is 0.315 e. The SMILES string of the molecule is CC1(C)CCC(CN2CCN(C3CCNC3)CC2)CC1.Cl. The molecule has 0 aromatic heterocycles. The van der Waals surface area contributed by atoms with Crippen LogP contribution in [0.2, 0.25) is 0 Å². The van der Waals surface area contributed by atoms with E-state index in [2.05, 4.69) is 29.0 Å². The Hall–Kier alpha value is 0.170. The molecule has 3 rings (SSSR count). The summed E-state index contributed by atoms with van der Waals surface area (Å²) in [5, 5.41) is 3.50. The Bertz CT molecular complexity index is 297. The molecule has 0 aromatic carbocycles. The molecule has 3 nitrogen and oxygen atoms in total. The van der Waals surface area contributed by atoms with Crippen molar-refractivity contribution < 1.29 is 0 Å². The highest BCUT2D eigenvalue weighted by Crippen LogP contribution is 2.38. The first-order chi connectivity index (χ1) is 9.62. The molecule has 1 atom stereocenters. The third-order valence-electron chi connectivity index (χ3n) is 5.93. The molecular weight excluding hydrogens is 282 g/mol. The lowest BCUT2D eigenvalue weighted by Crippen LogP contribution is -2.51. The molecule has 2 heterocycles. The molecule has 2 aliphatic heterocycles. The van der Waals surface area contributed by atoms with Crippen LogP contribution in [0.1, 0.15) is 46.0 Å². The summed E-state index contributed by atoms with van der Waals surface area (Å²) >= 11 is 0. The number of piperazine rings is 1. The molecule has 0 spiro atoms. The van der Waals surface area contributed by atoms with Crippen molar-refractivity contribution >= 4 is 12.4 Å². The van der Waals surface area contributed by atoms with E-state index < -0.39 is 0 Å². The van der Waals surface area contributed by atoms with E-state index in [4.69, 9.17) is 0 Å². The summed E-state index contributed by atoms with van der Waals surface area (Å²) in [4.78, 5) is 5.46. The number of nitrogens with zero attached hydrogens (tertiary/aromatic N) is 2. The Labute approximate surface area is 137 Å². The van der Waals surface area contributed by atoms with Gasteiger partial charge in [0.05, 0.1) is 0 Å². The highest BCUT2D eigenvalue weighted by atomic mass is 35.5. The zero-order valence-electron chi connectivity index (χ0n) is 13.9. The smallest absolute Gasteiger partial charge is 0.0233 e. The van der Waals surface area contributed by atoms with Gasteiger partial charge in [-0.15, -0.1) is 12.4 Å². The molecule has 1 saturated carbocycles. The predicted molar refractivity (Wildman–Crippen MR) is 92.3 cm³/mol. The number of halogens is 1. The molecule has 0 bridgehead atoms. The molecule has 0 amide bonds. The van der Waals surface area contributed by atoms with Gasteiger partial charge in [0.2, 0.25) is 0 Å². The molecule has 4 heteroatoms. The van der Waals surface area contributed by atoms with E-state index in [0.29, 0.717) is 5.41 Å². The maximum absolute atomic E-state index is 3.50. The fourth-order valence-corrected chi connectivity index (χ4v) is 4.27. The fourth-order valence-electron chi connectivity index (χ4n) is 4.27. The normalized spacial score (nSPS) is 32.0. The van der Waals surface area contributed by atoms with E-state index in [0.717, 1.165) is 12.0 Å². The summed E-state index contributed by atoms with van der Waals surface area (Å²) in [5.74, 6) is 0.975. The van der Waals surface area contributed by atoms with Gasteiger partial charge in [-0.1, -0.05) is 13.8 Å². The van der Waals surface area contributed by atoms with Crippen LogP contribution < -0.4 is 5.32 Å². The van der Waals surface area contributed by atoms with Crippen molar-refractivity contribution in [1.29, 1.82) is 0 Å². The second-order valence-electron chi connectivity index (χ2n) is 8.09. The van der Waals surface area contributed by atoms with Gasteiger partial charge >= 0.3 is 0 Å². The minimum atomic E-state index is 0. The van der Waals surface area contributed by atoms with Gasteiger partial charge in [-0.2, -0.15) is 0 Å². The van der Waals surface area contributed by atoms with Gasteiger partial charge in [-0.05, 0) is 50.0 Å². The second kappa shape index (κ2) is 7.63. The lowest BCUT2D eigenvalue weighted by molar-refractivity contribution is 0.0765. The van der Waals surface area contributed by atoms with E-state index in [-0.39, 0.29) is 12.4 Å². The number of nitrogens with one attached hydrogen (secondary N) is 1. The van der Waals surface area contributed by atoms with Gasteiger partial charge in [0, 0.05) is 45.3 Å². The molecule has 21 heavy (non-hydrogen) atoms. The van der Waals surface area contributed by atoms with Crippen LogP contribution in [0.15, 0.2) is 0 Å². The third kappa shape index (κ3) is 4.82. The first-order valence-electron chi connectivity index (χ1n) is 8.79. The molecule has 2 saturated heterocycles. The summed E-state index contributed by atoms with van der Waals surface area (Å²) in [7, 11) is 0. The number of hydrogen-bond donors (Lipinski definition) is 1. The van der Waals surface area contributed by atoms with Crippen LogP contribution in [0.25, 0.3) is 0 Å². The third-order valence-corrected chi connectivity index (χ3v) is 5.93. The zero-order chi connectivity index (χ0) is 14.0. The van der Waals surface area contributed by atoms with Crippen LogP contribution in [0, 0.1) is 11.3 Å². The minimum absolute atomic E-state index is 0. The van der Waals surface area contributed by atoms with Crippen molar-refractivity contribution in [3.63, 3.8) is 0 Å². The quantitative estimate of drug-likeness (QED) is 0.863. The number of rotatable bonds is 3. The monoisotopic (exact) mass is 315 g/mol. The average Bonchev–Trinajstić information content (AvgIpc) is 2.96. The minimum Gasteiger partial charge on any atom is -0.315 e. The Morgan fingerprint density at radius 1 is 1.00 bits per heavy atom. The predicted octanol–water partition coefficient (Wildman–Crippen LogP) is 2.60. The van der Waals surface area contributed by atoms with Crippen LogP contribution in [0.3, 0.4) is 0 Å². The van der Waals surface area contributed by atoms with E-state index in [9.17, 15) is 0 Å². The van der Waals surface area contributed by atoms with Gasteiger partial charge in [0.15, 0.2) is 0 Å². The molecule has 1 N–H and O–H groups in total. The summed E-state index contributed by atoms with van der Waals surface area (Å²) in [6.07, 6.45) is 7.15. The van der Waals surface area contributed by atoms with Gasteiger partial charge in [0.1, 0.15) is 0 Å². The van der Waals surface area contributed by atoms with E-state index in [1.165, 1.54) is 77.9 Å². The maximum atomic E-state index is 3.50. The summed E-state index contributed by atoms with van der Waals surface area (Å²) in [6.45, 7) is 13.9. The first-order valence-corrected chi connectivity index (χ1v) is 8.79. The Morgan fingerprint density at radius 3 is 2.24 bits per heavy atom. The molecule has 3 fully saturated rings. The van der Waals surface area contributed by atoms with Gasteiger partial charge in [-0.25, -0.2) is 0 Å². The van der Waals surface area contributed by atoms with E-state index in [1.807, 2.05) is 0 Å². The van der Waals surface area contributed by atoms with Crippen LogP contribution in [-0.2, 0) is 0 Å². The lowest BCUT2D eigenvalue weighted by Gasteiger charge is -2.41. The van der Waals surface area contributed by atoms with Crippen molar-refractivity contribution in [3.05, 3.63) is 0 Å². The molecule has 0 aromatic rings. The topological polar surface area (TPSA) is 18.5 Å². The van der Waals surface area contributed by atoms with E-state index >= 15 is 0 Å². The first kappa shape index (κ1) is 17.5. The van der Waals surface area contributed by atoms with Gasteiger partial charge in [-0.3, -0.25) is 4.90 Å². The van der Waals surface area contributed by atoms with E-state index in [1.54, 1.807) is 0 Å². The summed E-state index contributed by atoms with van der Waals surface area (Å²) in [6, 6.07) is 0.827. The molecule has 3 aliphatic rings. The van der Waals surface area contributed by atoms with Gasteiger partial charge in [0.25, 0.3) is 0 Å². The zero-order valence-corrected chi connectivity index (χ0v) is 14.8. The van der Waals surface area contributed by atoms with Crippen LogP contribution in [0.5, 0.6) is 0 Å². The second-order valence-corrected chi connectivity index (χ2v) is 8.09. The Balaban J connectivity index is 0.00000161. The summed E-state index contributed by atoms with van der Waals surface area (Å²) < 4.78 is 0. The molecular formula is C17H34ClN3. The van der Waals surface area contributed by atoms with Crippen molar-refractivity contribution in [2.24, 2.45) is 11.3 Å². The lowest BCUT2D eigenvalue weighted by atomic mass is 9.73. The molecule has 1 aliphatic carbocycles. The molecule has 124 valence electrons. The van der Waals surface area contributed by atoms with Crippen LogP contribution in [-0.4, -0.2) is 61.7 Å². The Kier molecular flexibility index (Phi) is 6.37. The molecule has 0 radical (unpaired) electrons. The Morgan fingerprint density at radius 2 is 1.67 bits per heavy atom. The van der Waals surface area contributed by atoms with Crippen molar-refractivity contribution in [3.8, 4) is 0 Å². The van der Waals surface area contributed by atoms with Gasteiger partial charge < -0.3 is 10.2 Å². The average molecular weight is 316 g/mol. The molecule has 1 unspecified atom stereocenters.